The van der Waals surface area contributed by atoms with Crippen molar-refractivity contribution >= 4 is 5.69 Å². The van der Waals surface area contributed by atoms with Crippen molar-refractivity contribution in [2.24, 2.45) is 11.7 Å². The Morgan fingerprint density at radius 2 is 2.29 bits per heavy atom. The maximum absolute atomic E-state index is 14.0. The van der Waals surface area contributed by atoms with Crippen LogP contribution in [0.15, 0.2) is 18.2 Å². The number of rotatable bonds is 3. The number of nitrogens with zero attached hydrogens (tertiary/aromatic N) is 1. The third-order valence-electron chi connectivity index (χ3n) is 3.35. The van der Waals surface area contributed by atoms with Gasteiger partial charge in [-0.2, -0.15) is 0 Å². The molecule has 1 aromatic rings. The second-order valence-corrected chi connectivity index (χ2v) is 5.27. The molecule has 2 unspecified atom stereocenters. The molecule has 0 amide bonds. The molecule has 1 fully saturated rings. The zero-order chi connectivity index (χ0) is 12.4. The highest BCUT2D eigenvalue weighted by Gasteiger charge is 2.23. The van der Waals surface area contributed by atoms with Crippen LogP contribution in [0, 0.1) is 11.7 Å². The molecule has 0 spiro atoms. The van der Waals surface area contributed by atoms with Crippen LogP contribution in [0.1, 0.15) is 25.8 Å². The summed E-state index contributed by atoms with van der Waals surface area (Å²) in [6.07, 6.45) is 1.88. The number of anilines is 1. The Kier molecular flexibility index (Phi) is 3.67. The van der Waals surface area contributed by atoms with Crippen molar-refractivity contribution in [1.82, 2.24) is 0 Å². The molecule has 2 nitrogen and oxygen atoms in total. The molecular weight excluding hydrogens is 215 g/mol. The van der Waals surface area contributed by atoms with E-state index in [-0.39, 0.29) is 11.9 Å². The van der Waals surface area contributed by atoms with Gasteiger partial charge in [0, 0.05) is 19.1 Å². The molecule has 0 aromatic heterocycles. The molecule has 17 heavy (non-hydrogen) atoms. The Balaban J connectivity index is 2.30. The summed E-state index contributed by atoms with van der Waals surface area (Å²) >= 11 is 0. The van der Waals surface area contributed by atoms with Crippen LogP contribution in [0.5, 0.6) is 0 Å². The minimum absolute atomic E-state index is 0.0653. The van der Waals surface area contributed by atoms with E-state index in [4.69, 9.17) is 5.73 Å². The monoisotopic (exact) mass is 236 g/mol. The first kappa shape index (κ1) is 12.4. The molecule has 2 N–H and O–H groups in total. The van der Waals surface area contributed by atoms with Gasteiger partial charge in [-0.1, -0.05) is 19.1 Å². The SMILES string of the molecule is CC(N)Cc1cccc(F)c1N1CCC(C)C1. The Hall–Kier alpha value is -1.09. The number of hydrogen-bond donors (Lipinski definition) is 1. The fraction of sp³-hybridized carbons (Fsp3) is 0.571. The summed E-state index contributed by atoms with van der Waals surface area (Å²) in [5, 5.41) is 0. The van der Waals surface area contributed by atoms with Gasteiger partial charge in [0.2, 0.25) is 0 Å². The van der Waals surface area contributed by atoms with Gasteiger partial charge < -0.3 is 10.6 Å². The largest absolute Gasteiger partial charge is 0.369 e. The molecule has 1 aliphatic rings. The van der Waals surface area contributed by atoms with E-state index in [2.05, 4.69) is 11.8 Å². The molecule has 2 atom stereocenters. The molecule has 1 aromatic carbocycles. The summed E-state index contributed by atoms with van der Waals surface area (Å²) < 4.78 is 14.0. The summed E-state index contributed by atoms with van der Waals surface area (Å²) in [5.74, 6) is 0.537. The van der Waals surface area contributed by atoms with Crippen LogP contribution < -0.4 is 10.6 Å². The first-order chi connectivity index (χ1) is 8.08. The fourth-order valence-electron chi connectivity index (χ4n) is 2.56. The summed E-state index contributed by atoms with van der Waals surface area (Å²) in [6.45, 7) is 6.08. The zero-order valence-corrected chi connectivity index (χ0v) is 10.6. The molecule has 1 aliphatic heterocycles. The predicted octanol–water partition coefficient (Wildman–Crippen LogP) is 2.56. The van der Waals surface area contributed by atoms with E-state index in [9.17, 15) is 4.39 Å². The lowest BCUT2D eigenvalue weighted by Gasteiger charge is -2.23. The van der Waals surface area contributed by atoms with Crippen molar-refractivity contribution in [3.8, 4) is 0 Å². The summed E-state index contributed by atoms with van der Waals surface area (Å²) in [7, 11) is 0. The van der Waals surface area contributed by atoms with Gasteiger partial charge in [-0.3, -0.25) is 0 Å². The van der Waals surface area contributed by atoms with Gasteiger partial charge in [0.1, 0.15) is 5.82 Å². The van der Waals surface area contributed by atoms with Gasteiger partial charge in [0.25, 0.3) is 0 Å². The van der Waals surface area contributed by atoms with Crippen LogP contribution in [-0.2, 0) is 6.42 Å². The second-order valence-electron chi connectivity index (χ2n) is 5.27. The van der Waals surface area contributed by atoms with Crippen molar-refractivity contribution in [1.29, 1.82) is 0 Å². The molecule has 94 valence electrons. The van der Waals surface area contributed by atoms with E-state index >= 15 is 0 Å². The highest BCUT2D eigenvalue weighted by atomic mass is 19.1. The van der Waals surface area contributed by atoms with Crippen molar-refractivity contribution in [3.05, 3.63) is 29.6 Å². The first-order valence-electron chi connectivity index (χ1n) is 6.36. The van der Waals surface area contributed by atoms with Gasteiger partial charge in [-0.25, -0.2) is 4.39 Å². The molecule has 1 saturated heterocycles. The minimum atomic E-state index is -0.114. The van der Waals surface area contributed by atoms with Gasteiger partial charge in [-0.15, -0.1) is 0 Å². The molecule has 2 rings (SSSR count). The first-order valence-corrected chi connectivity index (χ1v) is 6.36. The maximum Gasteiger partial charge on any atom is 0.146 e. The molecule has 0 aliphatic carbocycles. The van der Waals surface area contributed by atoms with E-state index in [1.807, 2.05) is 13.0 Å². The number of nitrogens with two attached hydrogens (primary N) is 1. The van der Waals surface area contributed by atoms with Crippen molar-refractivity contribution in [2.45, 2.75) is 32.7 Å². The standard InChI is InChI=1S/C14H21FN2/c1-10-6-7-17(9-10)14-12(8-11(2)16)4-3-5-13(14)15/h3-5,10-11H,6-9,16H2,1-2H3. The summed E-state index contributed by atoms with van der Waals surface area (Å²) in [4.78, 5) is 2.16. The Morgan fingerprint density at radius 1 is 1.53 bits per heavy atom. The van der Waals surface area contributed by atoms with Crippen LogP contribution in [0.3, 0.4) is 0 Å². The molecule has 0 saturated carbocycles. The quantitative estimate of drug-likeness (QED) is 0.874. The van der Waals surface area contributed by atoms with Gasteiger partial charge in [-0.05, 0) is 37.3 Å². The van der Waals surface area contributed by atoms with E-state index in [0.717, 1.165) is 37.2 Å². The average molecular weight is 236 g/mol. The topological polar surface area (TPSA) is 29.3 Å². The second kappa shape index (κ2) is 5.05. The van der Waals surface area contributed by atoms with Crippen molar-refractivity contribution in [3.63, 3.8) is 0 Å². The highest BCUT2D eigenvalue weighted by molar-refractivity contribution is 5.56. The maximum atomic E-state index is 14.0. The molecule has 3 heteroatoms. The van der Waals surface area contributed by atoms with Crippen molar-refractivity contribution < 1.29 is 4.39 Å². The van der Waals surface area contributed by atoms with Crippen LogP contribution >= 0.6 is 0 Å². The van der Waals surface area contributed by atoms with Crippen LogP contribution in [0.2, 0.25) is 0 Å². The molecule has 0 radical (unpaired) electrons. The molecule has 1 heterocycles. The third kappa shape index (κ3) is 2.78. The number of para-hydroxylation sites is 1. The number of benzene rings is 1. The van der Waals surface area contributed by atoms with E-state index < -0.39 is 0 Å². The van der Waals surface area contributed by atoms with E-state index in [1.165, 1.54) is 0 Å². The molecular formula is C14H21FN2. The summed E-state index contributed by atoms with van der Waals surface area (Å²) in [5.41, 5.74) is 7.64. The van der Waals surface area contributed by atoms with E-state index in [0.29, 0.717) is 5.92 Å². The Labute approximate surface area is 103 Å². The fourth-order valence-corrected chi connectivity index (χ4v) is 2.56. The Morgan fingerprint density at radius 3 is 2.88 bits per heavy atom. The van der Waals surface area contributed by atoms with Crippen LogP contribution in [0.4, 0.5) is 10.1 Å². The van der Waals surface area contributed by atoms with Crippen LogP contribution in [0.25, 0.3) is 0 Å². The predicted molar refractivity (Wildman–Crippen MR) is 69.7 cm³/mol. The third-order valence-corrected chi connectivity index (χ3v) is 3.35. The van der Waals surface area contributed by atoms with Crippen LogP contribution in [-0.4, -0.2) is 19.1 Å². The van der Waals surface area contributed by atoms with Crippen molar-refractivity contribution in [2.75, 3.05) is 18.0 Å². The minimum Gasteiger partial charge on any atom is -0.369 e. The van der Waals surface area contributed by atoms with Gasteiger partial charge in [0.05, 0.1) is 5.69 Å². The van der Waals surface area contributed by atoms with Gasteiger partial charge in [0.15, 0.2) is 0 Å². The smallest absolute Gasteiger partial charge is 0.146 e. The lowest BCUT2D eigenvalue weighted by atomic mass is 10.0. The number of hydrogen-bond acceptors (Lipinski definition) is 2. The molecule has 0 bridgehead atoms. The average Bonchev–Trinajstić information content (AvgIpc) is 2.64. The Bertz CT molecular complexity index is 390. The highest BCUT2D eigenvalue weighted by Crippen LogP contribution is 2.30. The van der Waals surface area contributed by atoms with Gasteiger partial charge >= 0.3 is 0 Å². The van der Waals surface area contributed by atoms with E-state index in [1.54, 1.807) is 12.1 Å². The number of halogens is 1. The lowest BCUT2D eigenvalue weighted by molar-refractivity contribution is 0.614. The zero-order valence-electron chi connectivity index (χ0n) is 10.6. The summed E-state index contributed by atoms with van der Waals surface area (Å²) in [6, 6.07) is 5.37. The lowest BCUT2D eigenvalue weighted by Crippen LogP contribution is -2.25. The normalized spacial score (nSPS) is 21.9.